The summed E-state index contributed by atoms with van der Waals surface area (Å²) < 4.78 is 5.35. The molecule has 8 heteroatoms. The van der Waals surface area contributed by atoms with E-state index in [9.17, 15) is 14.9 Å². The molecule has 2 aliphatic carbocycles. The Morgan fingerprint density at radius 1 is 1.34 bits per heavy atom. The molecule has 0 aliphatic heterocycles. The summed E-state index contributed by atoms with van der Waals surface area (Å²) in [6.07, 6.45) is 7.34. The third kappa shape index (κ3) is 5.05. The molecule has 2 aromatic rings. The highest BCUT2D eigenvalue weighted by Gasteiger charge is 2.28. The third-order valence-electron chi connectivity index (χ3n) is 5.04. The van der Waals surface area contributed by atoms with Crippen molar-refractivity contribution in [1.82, 2.24) is 5.32 Å². The lowest BCUT2D eigenvalue weighted by molar-refractivity contribution is -0.111. The maximum atomic E-state index is 12.3. The highest BCUT2D eigenvalue weighted by atomic mass is 32.1. The largest absolute Gasteiger partial charge is 0.449 e. The van der Waals surface area contributed by atoms with E-state index in [1.807, 2.05) is 16.8 Å². The molecule has 2 aliphatic rings. The predicted molar refractivity (Wildman–Crippen MR) is 114 cm³/mol. The van der Waals surface area contributed by atoms with Gasteiger partial charge in [0.2, 0.25) is 5.91 Å². The number of anilines is 1. The Hall–Kier alpha value is -2.63. The Labute approximate surface area is 177 Å². The second-order valence-electron chi connectivity index (χ2n) is 7.32. The van der Waals surface area contributed by atoms with Crippen LogP contribution in [0.2, 0.25) is 0 Å². The highest BCUT2D eigenvalue weighted by Crippen LogP contribution is 2.39. The van der Waals surface area contributed by atoms with Gasteiger partial charge < -0.3 is 15.4 Å². The summed E-state index contributed by atoms with van der Waals surface area (Å²) in [4.78, 5) is 25.1. The fourth-order valence-electron chi connectivity index (χ4n) is 3.33. The van der Waals surface area contributed by atoms with Gasteiger partial charge in [0.25, 0.3) is 0 Å². The van der Waals surface area contributed by atoms with Crippen molar-refractivity contribution in [2.75, 3.05) is 11.9 Å². The number of hydrogen-bond donors (Lipinski definition) is 2. The lowest BCUT2D eigenvalue weighted by Crippen LogP contribution is -2.29. The van der Waals surface area contributed by atoms with Crippen molar-refractivity contribution in [3.05, 3.63) is 44.5 Å². The molecule has 2 aromatic heterocycles. The molecule has 2 amide bonds. The average Bonchev–Trinajstić information content (AvgIpc) is 3.24. The van der Waals surface area contributed by atoms with Gasteiger partial charge in [0.05, 0.1) is 12.2 Å². The minimum absolute atomic E-state index is 0.236. The molecule has 6 nitrogen and oxygen atoms in total. The minimum Gasteiger partial charge on any atom is -0.449 e. The topological polar surface area (TPSA) is 91.2 Å². The van der Waals surface area contributed by atoms with E-state index in [2.05, 4.69) is 16.7 Å². The quantitative estimate of drug-likeness (QED) is 0.672. The van der Waals surface area contributed by atoms with Gasteiger partial charge in [0, 0.05) is 17.0 Å². The van der Waals surface area contributed by atoms with E-state index in [1.165, 1.54) is 17.4 Å². The first-order valence-corrected chi connectivity index (χ1v) is 11.4. The predicted octanol–water partition coefficient (Wildman–Crippen LogP) is 4.33. The van der Waals surface area contributed by atoms with Crippen LogP contribution in [0.4, 0.5) is 9.80 Å². The number of ether oxygens (including phenoxy) is 1. The van der Waals surface area contributed by atoms with Crippen LogP contribution in [0.1, 0.15) is 40.8 Å². The molecule has 0 saturated heterocycles. The van der Waals surface area contributed by atoms with Crippen LogP contribution in [0.5, 0.6) is 0 Å². The van der Waals surface area contributed by atoms with Crippen molar-refractivity contribution in [2.24, 2.45) is 5.92 Å². The van der Waals surface area contributed by atoms with Crippen molar-refractivity contribution < 1.29 is 14.3 Å². The fourth-order valence-corrected chi connectivity index (χ4v) is 5.27. The van der Waals surface area contributed by atoms with Gasteiger partial charge in [-0.25, -0.2) is 4.79 Å². The van der Waals surface area contributed by atoms with Gasteiger partial charge in [-0.05, 0) is 72.1 Å². The van der Waals surface area contributed by atoms with Gasteiger partial charge in [-0.3, -0.25) is 4.79 Å². The second-order valence-corrected chi connectivity index (χ2v) is 9.21. The second kappa shape index (κ2) is 8.80. The molecule has 1 atom stereocenters. The number of hydrogen-bond acceptors (Lipinski definition) is 6. The number of fused-ring (bicyclic) bond motifs is 1. The molecule has 2 N–H and O–H groups in total. The standard InChI is InChI=1S/C21H21N3O3S2/c22-10-17-16-5-1-14(11-27-21(26)23-15-3-4-15)9-18(16)29-20(17)24-19(25)6-2-13-7-8-28-12-13/h2,6-8,12,14-15H,1,3-5,9,11H2,(H,23,26)(H,24,25). The number of carbonyl (C=O) groups is 2. The van der Waals surface area contributed by atoms with E-state index in [0.717, 1.165) is 48.1 Å². The van der Waals surface area contributed by atoms with Gasteiger partial charge in [-0.1, -0.05) is 0 Å². The Balaban J connectivity index is 1.37. The van der Waals surface area contributed by atoms with Gasteiger partial charge >= 0.3 is 6.09 Å². The van der Waals surface area contributed by atoms with Crippen LogP contribution in [0.15, 0.2) is 22.9 Å². The number of carbonyl (C=O) groups excluding carboxylic acids is 2. The molecular weight excluding hydrogens is 406 g/mol. The van der Waals surface area contributed by atoms with Crippen LogP contribution in [-0.4, -0.2) is 24.6 Å². The molecular formula is C21H21N3O3S2. The monoisotopic (exact) mass is 427 g/mol. The molecule has 1 unspecified atom stereocenters. The van der Waals surface area contributed by atoms with Crippen molar-refractivity contribution in [3.8, 4) is 6.07 Å². The van der Waals surface area contributed by atoms with Crippen molar-refractivity contribution in [1.29, 1.82) is 5.26 Å². The molecule has 0 aromatic carbocycles. The van der Waals surface area contributed by atoms with Crippen LogP contribution in [0.25, 0.3) is 6.08 Å². The number of amides is 2. The van der Waals surface area contributed by atoms with Crippen molar-refractivity contribution in [2.45, 2.75) is 38.1 Å². The van der Waals surface area contributed by atoms with Crippen molar-refractivity contribution in [3.63, 3.8) is 0 Å². The third-order valence-corrected chi connectivity index (χ3v) is 6.91. The molecule has 1 fully saturated rings. The lowest BCUT2D eigenvalue weighted by atomic mass is 9.88. The smallest absolute Gasteiger partial charge is 0.407 e. The van der Waals surface area contributed by atoms with Gasteiger partial charge in [0.1, 0.15) is 11.1 Å². The summed E-state index contributed by atoms with van der Waals surface area (Å²) in [7, 11) is 0. The van der Waals surface area contributed by atoms with Gasteiger partial charge in [0.15, 0.2) is 0 Å². The van der Waals surface area contributed by atoms with Crippen LogP contribution in [-0.2, 0) is 22.4 Å². The highest BCUT2D eigenvalue weighted by molar-refractivity contribution is 7.16. The zero-order valence-corrected chi connectivity index (χ0v) is 17.4. The normalized spacial score (nSPS) is 18.1. The van der Waals surface area contributed by atoms with E-state index < -0.39 is 0 Å². The first kappa shape index (κ1) is 19.7. The number of alkyl carbamates (subject to hydrolysis) is 1. The molecule has 150 valence electrons. The van der Waals surface area contributed by atoms with Crippen LogP contribution in [0, 0.1) is 17.2 Å². The minimum atomic E-state index is -0.340. The van der Waals surface area contributed by atoms with Gasteiger partial charge in [-0.15, -0.1) is 11.3 Å². The van der Waals surface area contributed by atoms with Crippen LogP contribution < -0.4 is 10.6 Å². The van der Waals surface area contributed by atoms with Crippen LogP contribution in [0.3, 0.4) is 0 Å². The summed E-state index contributed by atoms with van der Waals surface area (Å²) >= 11 is 3.03. The number of rotatable bonds is 6. The average molecular weight is 428 g/mol. The van der Waals surface area contributed by atoms with Crippen LogP contribution >= 0.6 is 22.7 Å². The van der Waals surface area contributed by atoms with E-state index in [1.54, 1.807) is 17.4 Å². The van der Waals surface area contributed by atoms with E-state index in [0.29, 0.717) is 17.2 Å². The molecule has 4 rings (SSSR count). The van der Waals surface area contributed by atoms with Gasteiger partial charge in [-0.2, -0.15) is 16.6 Å². The van der Waals surface area contributed by atoms with E-state index in [4.69, 9.17) is 4.74 Å². The molecule has 0 radical (unpaired) electrons. The maximum absolute atomic E-state index is 12.3. The van der Waals surface area contributed by atoms with E-state index >= 15 is 0 Å². The summed E-state index contributed by atoms with van der Waals surface area (Å²) in [6.45, 7) is 0.378. The Morgan fingerprint density at radius 2 is 2.21 bits per heavy atom. The first-order valence-electron chi connectivity index (χ1n) is 9.61. The molecule has 29 heavy (non-hydrogen) atoms. The zero-order valence-electron chi connectivity index (χ0n) is 15.8. The Kier molecular flexibility index (Phi) is 5.97. The number of nitriles is 1. The number of nitrogens with one attached hydrogen (secondary N) is 2. The molecule has 1 saturated carbocycles. The Morgan fingerprint density at radius 3 is 2.93 bits per heavy atom. The SMILES string of the molecule is N#Cc1c(NC(=O)C=Cc2ccsc2)sc2c1CCC(COC(=O)NC1CC1)C2. The summed E-state index contributed by atoms with van der Waals surface area (Å²) in [6, 6.07) is 4.47. The summed E-state index contributed by atoms with van der Waals surface area (Å²) in [5.74, 6) is -0.0115. The zero-order chi connectivity index (χ0) is 20.2. The van der Waals surface area contributed by atoms with Crippen molar-refractivity contribution >= 4 is 45.8 Å². The Bertz CT molecular complexity index is 968. The lowest BCUT2D eigenvalue weighted by Gasteiger charge is -2.21. The first-order chi connectivity index (χ1) is 14.1. The summed E-state index contributed by atoms with van der Waals surface area (Å²) in [5.41, 5.74) is 2.56. The fraction of sp³-hybridized carbons (Fsp3) is 0.381. The number of thiophene rings is 2. The van der Waals surface area contributed by atoms with E-state index in [-0.39, 0.29) is 24.0 Å². The molecule has 0 bridgehead atoms. The molecule has 0 spiro atoms. The summed E-state index contributed by atoms with van der Waals surface area (Å²) in [5, 5.41) is 19.8. The number of nitrogens with zero attached hydrogens (tertiary/aromatic N) is 1. The maximum Gasteiger partial charge on any atom is 0.407 e. The molecule has 2 heterocycles.